The fourth-order valence-electron chi connectivity index (χ4n) is 1.47. The first-order valence-corrected chi connectivity index (χ1v) is 5.91. The van der Waals surface area contributed by atoms with Gasteiger partial charge in [0.25, 0.3) is 0 Å². The van der Waals surface area contributed by atoms with Crippen LogP contribution in [-0.2, 0) is 4.79 Å². The van der Waals surface area contributed by atoms with Crippen molar-refractivity contribution in [2.24, 2.45) is 4.99 Å². The van der Waals surface area contributed by atoms with Gasteiger partial charge in [-0.25, -0.2) is 4.79 Å². The molecule has 0 saturated heterocycles. The zero-order chi connectivity index (χ0) is 12.4. The number of carboxylic acid groups (broad SMARTS) is 1. The fraction of sp³-hybridized carbons (Fsp3) is 0.273. The SMILES string of the molecule is COc1ccc(C2=N[C@H](C(=O)O)CS2)c(O)c1. The van der Waals surface area contributed by atoms with Crippen molar-refractivity contribution in [3.63, 3.8) is 0 Å². The van der Waals surface area contributed by atoms with Crippen LogP contribution in [0.25, 0.3) is 0 Å². The summed E-state index contributed by atoms with van der Waals surface area (Å²) in [4.78, 5) is 14.8. The lowest BCUT2D eigenvalue weighted by Gasteiger charge is -2.05. The number of carboxylic acids is 1. The van der Waals surface area contributed by atoms with Gasteiger partial charge in [-0.3, -0.25) is 4.99 Å². The lowest BCUT2D eigenvalue weighted by Crippen LogP contribution is -2.17. The molecular weight excluding hydrogens is 242 g/mol. The minimum Gasteiger partial charge on any atom is -0.507 e. The van der Waals surface area contributed by atoms with E-state index >= 15 is 0 Å². The second kappa shape index (κ2) is 4.67. The Morgan fingerprint density at radius 3 is 2.88 bits per heavy atom. The van der Waals surface area contributed by atoms with Crippen molar-refractivity contribution in [3.05, 3.63) is 23.8 Å². The Kier molecular flexibility index (Phi) is 3.23. The van der Waals surface area contributed by atoms with Gasteiger partial charge in [-0.05, 0) is 12.1 Å². The number of rotatable bonds is 3. The van der Waals surface area contributed by atoms with Gasteiger partial charge in [-0.2, -0.15) is 0 Å². The summed E-state index contributed by atoms with van der Waals surface area (Å²) in [5.74, 6) is 0.0441. The Hall–Kier alpha value is -1.69. The molecule has 17 heavy (non-hydrogen) atoms. The molecule has 0 saturated carbocycles. The number of ether oxygens (including phenoxy) is 1. The summed E-state index contributed by atoms with van der Waals surface area (Å²) < 4.78 is 4.97. The van der Waals surface area contributed by atoms with E-state index < -0.39 is 12.0 Å². The average molecular weight is 253 g/mol. The highest BCUT2D eigenvalue weighted by atomic mass is 32.2. The molecule has 2 N–H and O–H groups in total. The molecule has 0 fully saturated rings. The van der Waals surface area contributed by atoms with Crippen LogP contribution in [0.3, 0.4) is 0 Å². The van der Waals surface area contributed by atoms with E-state index in [0.29, 0.717) is 22.1 Å². The molecule has 90 valence electrons. The Morgan fingerprint density at radius 1 is 1.59 bits per heavy atom. The van der Waals surface area contributed by atoms with Gasteiger partial charge < -0.3 is 14.9 Å². The van der Waals surface area contributed by atoms with Gasteiger partial charge in [0.15, 0.2) is 6.04 Å². The van der Waals surface area contributed by atoms with E-state index in [-0.39, 0.29) is 5.75 Å². The molecule has 0 bridgehead atoms. The third kappa shape index (κ3) is 2.36. The van der Waals surface area contributed by atoms with E-state index in [1.54, 1.807) is 12.1 Å². The molecule has 0 aliphatic carbocycles. The number of carbonyl (C=O) groups is 1. The summed E-state index contributed by atoms with van der Waals surface area (Å²) in [6, 6.07) is 4.12. The van der Waals surface area contributed by atoms with Crippen molar-refractivity contribution in [3.8, 4) is 11.5 Å². The van der Waals surface area contributed by atoms with Crippen molar-refractivity contribution in [1.29, 1.82) is 0 Å². The van der Waals surface area contributed by atoms with Crippen molar-refractivity contribution in [2.75, 3.05) is 12.9 Å². The van der Waals surface area contributed by atoms with E-state index in [4.69, 9.17) is 9.84 Å². The molecule has 5 nitrogen and oxygen atoms in total. The van der Waals surface area contributed by atoms with Crippen LogP contribution in [0.5, 0.6) is 11.5 Å². The molecule has 2 rings (SSSR count). The number of phenolic OH excluding ortho intramolecular Hbond substituents is 1. The Bertz CT molecular complexity index is 486. The molecule has 0 amide bonds. The van der Waals surface area contributed by atoms with Crippen LogP contribution in [-0.4, -0.2) is 40.1 Å². The second-order valence-electron chi connectivity index (χ2n) is 3.48. The van der Waals surface area contributed by atoms with Gasteiger partial charge in [0.1, 0.15) is 16.5 Å². The quantitative estimate of drug-likeness (QED) is 0.850. The standard InChI is InChI=1S/C11H11NO4S/c1-16-6-2-3-7(9(13)4-6)10-12-8(5-17-10)11(14)15/h2-4,8,13H,5H2,1H3,(H,14,15)/t8-/m0/s1. The Morgan fingerprint density at radius 2 is 2.35 bits per heavy atom. The molecule has 6 heteroatoms. The maximum absolute atomic E-state index is 10.8. The van der Waals surface area contributed by atoms with E-state index in [2.05, 4.69) is 4.99 Å². The smallest absolute Gasteiger partial charge is 0.329 e. The third-order valence-electron chi connectivity index (χ3n) is 2.37. The average Bonchev–Trinajstić information content (AvgIpc) is 2.78. The first-order valence-electron chi connectivity index (χ1n) is 4.92. The first-order chi connectivity index (χ1) is 8.11. The van der Waals surface area contributed by atoms with E-state index in [9.17, 15) is 9.90 Å². The minimum absolute atomic E-state index is 0.0432. The number of benzene rings is 1. The fourth-order valence-corrected chi connectivity index (χ4v) is 2.53. The van der Waals surface area contributed by atoms with Crippen LogP contribution in [0.2, 0.25) is 0 Å². The molecule has 1 atom stereocenters. The van der Waals surface area contributed by atoms with Gasteiger partial charge in [0.2, 0.25) is 0 Å². The van der Waals surface area contributed by atoms with Crippen LogP contribution in [0.1, 0.15) is 5.56 Å². The van der Waals surface area contributed by atoms with Gasteiger partial charge >= 0.3 is 5.97 Å². The van der Waals surface area contributed by atoms with Crippen LogP contribution in [0.15, 0.2) is 23.2 Å². The molecular formula is C11H11NO4S. The predicted octanol–water partition coefficient (Wildman–Crippen LogP) is 1.35. The summed E-state index contributed by atoms with van der Waals surface area (Å²) in [5.41, 5.74) is 0.541. The first kappa shape index (κ1) is 11.8. The molecule has 0 radical (unpaired) electrons. The molecule has 1 aliphatic rings. The zero-order valence-corrected chi connectivity index (χ0v) is 9.90. The van der Waals surface area contributed by atoms with E-state index in [1.165, 1.54) is 24.9 Å². The monoisotopic (exact) mass is 253 g/mol. The maximum atomic E-state index is 10.8. The Labute approximate surface area is 102 Å². The highest BCUT2D eigenvalue weighted by Crippen LogP contribution is 2.31. The Balaban J connectivity index is 2.30. The summed E-state index contributed by atoms with van der Waals surface area (Å²) in [6.45, 7) is 0. The number of aromatic hydroxyl groups is 1. The van der Waals surface area contributed by atoms with Gasteiger partial charge in [-0.15, -0.1) is 11.8 Å². The van der Waals surface area contributed by atoms with Crippen molar-refractivity contribution in [2.45, 2.75) is 6.04 Å². The minimum atomic E-state index is -0.944. The zero-order valence-electron chi connectivity index (χ0n) is 9.08. The lowest BCUT2D eigenvalue weighted by molar-refractivity contribution is -0.137. The molecule has 1 aliphatic heterocycles. The molecule has 1 heterocycles. The molecule has 0 aromatic heterocycles. The summed E-state index contributed by atoms with van der Waals surface area (Å²) in [6.07, 6.45) is 0. The lowest BCUT2D eigenvalue weighted by atomic mass is 10.2. The number of thioether (sulfide) groups is 1. The van der Waals surface area contributed by atoms with Crippen LogP contribution >= 0.6 is 11.8 Å². The molecule has 0 spiro atoms. The van der Waals surface area contributed by atoms with Crippen LogP contribution in [0, 0.1) is 0 Å². The number of methoxy groups -OCH3 is 1. The van der Waals surface area contributed by atoms with Gasteiger partial charge in [-0.1, -0.05) is 0 Å². The molecule has 1 aromatic carbocycles. The number of hydrogen-bond donors (Lipinski definition) is 2. The summed E-state index contributed by atoms with van der Waals surface area (Å²) in [5, 5.41) is 19.2. The highest BCUT2D eigenvalue weighted by molar-refractivity contribution is 8.14. The van der Waals surface area contributed by atoms with Gasteiger partial charge in [0, 0.05) is 17.4 Å². The predicted molar refractivity (Wildman–Crippen MR) is 65.1 cm³/mol. The molecule has 0 unspecified atom stereocenters. The number of hydrogen-bond acceptors (Lipinski definition) is 5. The van der Waals surface area contributed by atoms with Crippen molar-refractivity contribution >= 4 is 22.8 Å². The normalized spacial score (nSPS) is 18.9. The number of nitrogens with zero attached hydrogens (tertiary/aromatic N) is 1. The highest BCUT2D eigenvalue weighted by Gasteiger charge is 2.26. The summed E-state index contributed by atoms with van der Waals surface area (Å²) >= 11 is 1.33. The van der Waals surface area contributed by atoms with Crippen molar-refractivity contribution in [1.82, 2.24) is 0 Å². The van der Waals surface area contributed by atoms with E-state index in [1.807, 2.05) is 0 Å². The van der Waals surface area contributed by atoms with Gasteiger partial charge in [0.05, 0.1) is 7.11 Å². The summed E-state index contributed by atoms with van der Waals surface area (Å²) in [7, 11) is 1.51. The largest absolute Gasteiger partial charge is 0.507 e. The van der Waals surface area contributed by atoms with E-state index in [0.717, 1.165) is 0 Å². The van der Waals surface area contributed by atoms with Crippen LogP contribution < -0.4 is 4.74 Å². The third-order valence-corrected chi connectivity index (χ3v) is 3.45. The molecule has 1 aromatic rings. The number of aliphatic carboxylic acids is 1. The second-order valence-corrected chi connectivity index (χ2v) is 4.49. The topological polar surface area (TPSA) is 79.1 Å². The maximum Gasteiger partial charge on any atom is 0.329 e. The number of phenols is 1. The number of aliphatic imine (C=N–C) groups is 1. The van der Waals surface area contributed by atoms with Crippen LogP contribution in [0.4, 0.5) is 0 Å². The van der Waals surface area contributed by atoms with Crippen molar-refractivity contribution < 1.29 is 19.7 Å².